The number of hydrogen-bond acceptors (Lipinski definition) is 3. The minimum Gasteiger partial charge on any atom is -0.496 e. The van der Waals surface area contributed by atoms with Gasteiger partial charge in [-0.2, -0.15) is 0 Å². The number of rotatable bonds is 5. The Morgan fingerprint density at radius 2 is 1.57 bits per heavy atom. The molecule has 3 heteroatoms. The molecular formula is C27H30O2S. The molecule has 0 fully saturated rings. The molecule has 4 rings (SSSR count). The van der Waals surface area contributed by atoms with E-state index in [0.717, 1.165) is 17.3 Å². The maximum atomic E-state index is 6.53. The third-order valence-electron chi connectivity index (χ3n) is 6.25. The quantitative estimate of drug-likeness (QED) is 0.408. The highest BCUT2D eigenvalue weighted by Crippen LogP contribution is 2.54. The highest BCUT2D eigenvalue weighted by atomic mass is 32.2. The first-order valence-electron chi connectivity index (χ1n) is 10.5. The summed E-state index contributed by atoms with van der Waals surface area (Å²) in [7, 11) is 1.76. The summed E-state index contributed by atoms with van der Waals surface area (Å²) >= 11 is 1.87. The van der Waals surface area contributed by atoms with Gasteiger partial charge in [-0.05, 0) is 74.6 Å². The molecule has 0 bridgehead atoms. The van der Waals surface area contributed by atoms with Crippen molar-refractivity contribution in [3.05, 3.63) is 88.0 Å². The molecule has 3 aromatic rings. The molecule has 1 aliphatic heterocycles. The maximum absolute atomic E-state index is 6.53. The van der Waals surface area contributed by atoms with Crippen molar-refractivity contribution < 1.29 is 9.47 Å². The molecule has 156 valence electrons. The van der Waals surface area contributed by atoms with Crippen molar-refractivity contribution in [3.63, 3.8) is 0 Å². The van der Waals surface area contributed by atoms with Crippen LogP contribution < -0.4 is 9.47 Å². The third-order valence-corrected chi connectivity index (χ3v) is 7.33. The van der Waals surface area contributed by atoms with E-state index < -0.39 is 0 Å². The largest absolute Gasteiger partial charge is 0.496 e. The number of thioether (sulfide) groups is 1. The molecule has 3 aromatic carbocycles. The minimum atomic E-state index is -0.309. The first-order valence-corrected chi connectivity index (χ1v) is 11.5. The van der Waals surface area contributed by atoms with E-state index in [1.54, 1.807) is 7.11 Å². The Morgan fingerprint density at radius 1 is 0.900 bits per heavy atom. The molecule has 30 heavy (non-hydrogen) atoms. The monoisotopic (exact) mass is 418 g/mol. The second kappa shape index (κ2) is 8.03. The van der Waals surface area contributed by atoms with Gasteiger partial charge >= 0.3 is 0 Å². The summed E-state index contributed by atoms with van der Waals surface area (Å²) in [4.78, 5) is 1.30. The summed E-state index contributed by atoms with van der Waals surface area (Å²) in [6.07, 6.45) is 0. The highest BCUT2D eigenvalue weighted by molar-refractivity contribution is 7.98. The first-order chi connectivity index (χ1) is 14.3. The highest BCUT2D eigenvalue weighted by Gasteiger charge is 2.45. The number of hydrogen-bond donors (Lipinski definition) is 0. The van der Waals surface area contributed by atoms with Gasteiger partial charge in [0.15, 0.2) is 0 Å². The zero-order valence-corrected chi connectivity index (χ0v) is 19.5. The molecule has 0 saturated carbocycles. The van der Waals surface area contributed by atoms with E-state index in [1.807, 2.05) is 11.8 Å². The van der Waals surface area contributed by atoms with Gasteiger partial charge in [0.1, 0.15) is 17.1 Å². The minimum absolute atomic E-state index is 0.177. The molecule has 1 aliphatic rings. The van der Waals surface area contributed by atoms with Crippen molar-refractivity contribution in [3.8, 4) is 11.5 Å². The average molecular weight is 419 g/mol. The topological polar surface area (TPSA) is 18.5 Å². The van der Waals surface area contributed by atoms with Gasteiger partial charge in [0.2, 0.25) is 0 Å². The number of benzene rings is 3. The van der Waals surface area contributed by atoms with Crippen molar-refractivity contribution in [1.82, 2.24) is 0 Å². The van der Waals surface area contributed by atoms with Gasteiger partial charge in [0.05, 0.1) is 13.0 Å². The maximum Gasteiger partial charge on any atom is 0.127 e. The molecule has 1 unspecified atom stereocenters. The summed E-state index contributed by atoms with van der Waals surface area (Å²) in [5, 5.41) is 0. The number of ether oxygens (including phenoxy) is 2. The second-order valence-corrected chi connectivity index (χ2v) is 9.68. The van der Waals surface area contributed by atoms with Crippen molar-refractivity contribution >= 4 is 11.8 Å². The van der Waals surface area contributed by atoms with E-state index in [4.69, 9.17) is 9.47 Å². The van der Waals surface area contributed by atoms with Crippen LogP contribution in [0, 0.1) is 20.8 Å². The Bertz CT molecular complexity index is 1050. The van der Waals surface area contributed by atoms with Crippen molar-refractivity contribution in [1.29, 1.82) is 0 Å². The molecule has 0 aliphatic carbocycles. The van der Waals surface area contributed by atoms with Crippen LogP contribution in [0.25, 0.3) is 0 Å². The summed E-state index contributed by atoms with van der Waals surface area (Å²) in [6, 6.07) is 19.6. The normalized spacial score (nSPS) is 16.8. The fraction of sp³-hybridized carbons (Fsp3) is 0.333. The van der Waals surface area contributed by atoms with Gasteiger partial charge in [-0.1, -0.05) is 42.5 Å². The molecule has 0 saturated heterocycles. The molecule has 2 nitrogen and oxygen atoms in total. The van der Waals surface area contributed by atoms with Crippen LogP contribution in [0.3, 0.4) is 0 Å². The lowest BCUT2D eigenvalue weighted by molar-refractivity contribution is 0.121. The predicted molar refractivity (Wildman–Crippen MR) is 126 cm³/mol. The molecular weight excluding hydrogens is 388 g/mol. The van der Waals surface area contributed by atoms with Crippen molar-refractivity contribution in [2.45, 2.75) is 56.8 Å². The van der Waals surface area contributed by atoms with Gasteiger partial charge in [-0.25, -0.2) is 0 Å². The van der Waals surface area contributed by atoms with E-state index >= 15 is 0 Å². The first kappa shape index (κ1) is 20.9. The van der Waals surface area contributed by atoms with Crippen LogP contribution in [-0.4, -0.2) is 12.7 Å². The fourth-order valence-electron chi connectivity index (χ4n) is 4.63. The van der Waals surface area contributed by atoms with Gasteiger partial charge in [-0.15, -0.1) is 11.8 Å². The lowest BCUT2D eigenvalue weighted by Crippen LogP contribution is -2.31. The van der Waals surface area contributed by atoms with Crippen LogP contribution in [0.2, 0.25) is 0 Å². The van der Waals surface area contributed by atoms with E-state index in [0.29, 0.717) is 0 Å². The zero-order chi connectivity index (χ0) is 21.5. The molecule has 1 heterocycles. The second-order valence-electron chi connectivity index (χ2n) is 8.63. The SMILES string of the molecule is COc1c(C)c(C)c2c(c1C)C(c1ccc(CSc3ccccc3)cc1)C(C)(C)O2. The Labute approximate surface area is 184 Å². The van der Waals surface area contributed by atoms with Crippen molar-refractivity contribution in [2.75, 3.05) is 7.11 Å². The van der Waals surface area contributed by atoms with Crippen molar-refractivity contribution in [2.24, 2.45) is 0 Å². The summed E-state index contributed by atoms with van der Waals surface area (Å²) in [5.74, 6) is 3.16. The Kier molecular flexibility index (Phi) is 5.59. The predicted octanol–water partition coefficient (Wildman–Crippen LogP) is 7.22. The summed E-state index contributed by atoms with van der Waals surface area (Å²) in [5.41, 5.74) is 7.12. The van der Waals surface area contributed by atoms with E-state index in [9.17, 15) is 0 Å². The Morgan fingerprint density at radius 3 is 2.20 bits per heavy atom. The Balaban J connectivity index is 1.67. The molecule has 1 atom stereocenters. The van der Waals surface area contributed by atoms with E-state index in [1.165, 1.54) is 38.3 Å². The molecule has 0 aromatic heterocycles. The smallest absolute Gasteiger partial charge is 0.127 e. The molecule has 0 spiro atoms. The van der Waals surface area contributed by atoms with Gasteiger partial charge < -0.3 is 9.47 Å². The molecule has 0 N–H and O–H groups in total. The van der Waals surface area contributed by atoms with Crippen LogP contribution in [0.5, 0.6) is 11.5 Å². The molecule has 0 amide bonds. The summed E-state index contributed by atoms with van der Waals surface area (Å²) in [6.45, 7) is 10.8. The van der Waals surface area contributed by atoms with Crippen LogP contribution in [-0.2, 0) is 5.75 Å². The standard InChI is InChI=1S/C27H30O2S/c1-17-18(2)26-23(19(3)25(17)28-6)24(27(4,5)29-26)21-14-12-20(13-15-21)16-30-22-10-8-7-9-11-22/h7-15,24H,16H2,1-6H3. The lowest BCUT2D eigenvalue weighted by Gasteiger charge is -2.27. The average Bonchev–Trinajstić information content (AvgIpc) is 3.04. The van der Waals surface area contributed by atoms with Gasteiger partial charge in [-0.3, -0.25) is 0 Å². The summed E-state index contributed by atoms with van der Waals surface area (Å²) < 4.78 is 12.3. The van der Waals surface area contributed by atoms with E-state index in [-0.39, 0.29) is 11.5 Å². The Hall–Kier alpha value is -2.39. The van der Waals surface area contributed by atoms with Gasteiger partial charge in [0.25, 0.3) is 0 Å². The molecule has 0 radical (unpaired) electrons. The number of fused-ring (bicyclic) bond motifs is 1. The van der Waals surface area contributed by atoms with Crippen LogP contribution in [0.1, 0.15) is 53.1 Å². The van der Waals surface area contributed by atoms with Crippen LogP contribution in [0.15, 0.2) is 59.5 Å². The van der Waals surface area contributed by atoms with Gasteiger partial charge in [0, 0.05) is 16.2 Å². The van der Waals surface area contributed by atoms with E-state index in [2.05, 4.69) is 89.2 Å². The zero-order valence-electron chi connectivity index (χ0n) is 18.7. The fourth-order valence-corrected chi connectivity index (χ4v) is 5.50. The number of methoxy groups -OCH3 is 1. The third kappa shape index (κ3) is 3.60. The lowest BCUT2D eigenvalue weighted by atomic mass is 9.78. The van der Waals surface area contributed by atoms with Crippen LogP contribution in [0.4, 0.5) is 0 Å². The van der Waals surface area contributed by atoms with Crippen LogP contribution >= 0.6 is 11.8 Å².